The Labute approximate surface area is 70.7 Å². The number of carboxylic acid groups (broad SMARTS) is 1. The molecule has 0 rings (SSSR count). The molecule has 0 saturated carbocycles. The number of carbonyl (C=O) groups is 2. The summed E-state index contributed by atoms with van der Waals surface area (Å²) >= 11 is 0. The van der Waals surface area contributed by atoms with Gasteiger partial charge in [0.2, 0.25) is 0 Å². The Hall–Kier alpha value is -1.26. The van der Waals surface area contributed by atoms with E-state index in [0.29, 0.717) is 0 Å². The van der Waals surface area contributed by atoms with Crippen molar-refractivity contribution in [1.82, 2.24) is 5.32 Å². The maximum atomic E-state index is 10.6. The first kappa shape index (κ1) is 10.7. The maximum absolute atomic E-state index is 10.6. The quantitative estimate of drug-likeness (QED) is 0.653. The lowest BCUT2D eigenvalue weighted by molar-refractivity contribution is -0.146. The lowest BCUT2D eigenvalue weighted by atomic mass is 9.94. The van der Waals surface area contributed by atoms with Crippen LogP contribution in [0.25, 0.3) is 0 Å². The number of alkyl carbamates (subject to hydrolysis) is 1. The van der Waals surface area contributed by atoms with Crippen molar-refractivity contribution in [3.63, 3.8) is 0 Å². The summed E-state index contributed by atoms with van der Waals surface area (Å²) in [6, 6.07) is 0. The Kier molecular flexibility index (Phi) is 3.53. The van der Waals surface area contributed by atoms with Crippen molar-refractivity contribution >= 4 is 12.1 Å². The van der Waals surface area contributed by atoms with Crippen LogP contribution in [0.5, 0.6) is 0 Å². The average Bonchev–Trinajstić information content (AvgIpc) is 2.00. The molecule has 0 heterocycles. The summed E-state index contributed by atoms with van der Waals surface area (Å²) in [5, 5.41) is 10.9. The molecule has 5 heteroatoms. The van der Waals surface area contributed by atoms with E-state index in [1.807, 2.05) is 0 Å². The second-order valence-electron chi connectivity index (χ2n) is 3.03. The van der Waals surface area contributed by atoms with Gasteiger partial charge in [0.1, 0.15) is 0 Å². The number of carboxylic acids is 1. The topological polar surface area (TPSA) is 75.6 Å². The smallest absolute Gasteiger partial charge is 0.406 e. The number of hydrogen-bond donors (Lipinski definition) is 2. The van der Waals surface area contributed by atoms with Crippen LogP contribution in [0, 0.1) is 5.41 Å². The second kappa shape index (κ2) is 3.94. The number of methoxy groups -OCH3 is 1. The third kappa shape index (κ3) is 3.23. The first-order valence-corrected chi connectivity index (χ1v) is 3.45. The monoisotopic (exact) mass is 175 g/mol. The predicted molar refractivity (Wildman–Crippen MR) is 41.8 cm³/mol. The van der Waals surface area contributed by atoms with E-state index in [9.17, 15) is 9.59 Å². The number of aliphatic carboxylic acids is 1. The van der Waals surface area contributed by atoms with Gasteiger partial charge in [-0.15, -0.1) is 0 Å². The van der Waals surface area contributed by atoms with E-state index in [0.717, 1.165) is 0 Å². The predicted octanol–water partition coefficient (Wildman–Crippen LogP) is 0.453. The molecule has 2 N–H and O–H groups in total. The molecule has 0 fully saturated rings. The summed E-state index contributed by atoms with van der Waals surface area (Å²) in [5.74, 6) is -0.959. The molecular formula is C7H13NO4. The number of nitrogens with one attached hydrogen (secondary N) is 1. The Morgan fingerprint density at radius 3 is 2.33 bits per heavy atom. The fourth-order valence-electron chi connectivity index (χ4n) is 0.441. The molecule has 0 aliphatic carbocycles. The Bertz CT molecular complexity index is 188. The normalized spacial score (nSPS) is 10.6. The van der Waals surface area contributed by atoms with Crippen molar-refractivity contribution in [2.45, 2.75) is 13.8 Å². The van der Waals surface area contributed by atoms with Crippen LogP contribution in [0.15, 0.2) is 0 Å². The van der Waals surface area contributed by atoms with Crippen molar-refractivity contribution in [2.75, 3.05) is 13.7 Å². The van der Waals surface area contributed by atoms with Crippen LogP contribution in [0.1, 0.15) is 13.8 Å². The minimum atomic E-state index is -0.964. The molecule has 0 radical (unpaired) electrons. The minimum absolute atomic E-state index is 0.0506. The zero-order valence-corrected chi connectivity index (χ0v) is 7.38. The van der Waals surface area contributed by atoms with Crippen LogP contribution in [-0.2, 0) is 9.53 Å². The third-order valence-corrected chi connectivity index (χ3v) is 1.44. The van der Waals surface area contributed by atoms with Crippen LogP contribution >= 0.6 is 0 Å². The summed E-state index contributed by atoms with van der Waals surface area (Å²) in [6.07, 6.45) is -0.621. The van der Waals surface area contributed by atoms with Gasteiger partial charge in [0, 0.05) is 6.54 Å². The molecule has 0 aromatic heterocycles. The van der Waals surface area contributed by atoms with Gasteiger partial charge in [-0.3, -0.25) is 4.79 Å². The fourth-order valence-corrected chi connectivity index (χ4v) is 0.441. The maximum Gasteiger partial charge on any atom is 0.406 e. The molecule has 0 saturated heterocycles. The average molecular weight is 175 g/mol. The zero-order valence-electron chi connectivity index (χ0n) is 7.38. The summed E-state index contributed by atoms with van der Waals surface area (Å²) in [5.41, 5.74) is -0.964. The molecule has 5 nitrogen and oxygen atoms in total. The molecule has 0 aliphatic heterocycles. The highest BCUT2D eigenvalue weighted by Gasteiger charge is 2.27. The highest BCUT2D eigenvalue weighted by molar-refractivity contribution is 5.75. The van der Waals surface area contributed by atoms with E-state index in [1.54, 1.807) is 0 Å². The molecular weight excluding hydrogens is 162 g/mol. The van der Waals surface area contributed by atoms with Gasteiger partial charge in [-0.2, -0.15) is 0 Å². The summed E-state index contributed by atoms with van der Waals surface area (Å²) in [4.78, 5) is 21.1. The SMILES string of the molecule is COC(=O)NCC(C)(C)C(=O)O. The van der Waals surface area contributed by atoms with Crippen molar-refractivity contribution in [3.8, 4) is 0 Å². The van der Waals surface area contributed by atoms with Gasteiger partial charge in [0.25, 0.3) is 0 Å². The van der Waals surface area contributed by atoms with Gasteiger partial charge in [0.05, 0.1) is 12.5 Å². The number of amides is 1. The molecule has 0 unspecified atom stereocenters. The third-order valence-electron chi connectivity index (χ3n) is 1.44. The number of ether oxygens (including phenoxy) is 1. The zero-order chi connectivity index (χ0) is 9.78. The highest BCUT2D eigenvalue weighted by atomic mass is 16.5. The van der Waals surface area contributed by atoms with Crippen LogP contribution < -0.4 is 5.32 Å². The summed E-state index contributed by atoms with van der Waals surface area (Å²) in [7, 11) is 1.23. The van der Waals surface area contributed by atoms with Gasteiger partial charge < -0.3 is 15.2 Å². The number of hydrogen-bond acceptors (Lipinski definition) is 3. The van der Waals surface area contributed by atoms with Crippen molar-refractivity contribution < 1.29 is 19.4 Å². The molecule has 0 aliphatic rings. The summed E-state index contributed by atoms with van der Waals surface area (Å²) < 4.78 is 4.28. The van der Waals surface area contributed by atoms with Gasteiger partial charge in [-0.25, -0.2) is 4.79 Å². The van der Waals surface area contributed by atoms with E-state index in [4.69, 9.17) is 5.11 Å². The van der Waals surface area contributed by atoms with E-state index in [-0.39, 0.29) is 6.54 Å². The van der Waals surface area contributed by atoms with E-state index in [1.165, 1.54) is 21.0 Å². The molecule has 0 aromatic rings. The largest absolute Gasteiger partial charge is 0.481 e. The molecule has 12 heavy (non-hydrogen) atoms. The van der Waals surface area contributed by atoms with Crippen LogP contribution in [-0.4, -0.2) is 30.8 Å². The Morgan fingerprint density at radius 1 is 1.50 bits per heavy atom. The van der Waals surface area contributed by atoms with Crippen molar-refractivity contribution in [1.29, 1.82) is 0 Å². The number of carbonyl (C=O) groups excluding carboxylic acids is 1. The summed E-state index contributed by atoms with van der Waals surface area (Å²) in [6.45, 7) is 3.09. The molecule has 0 spiro atoms. The highest BCUT2D eigenvalue weighted by Crippen LogP contribution is 2.12. The molecule has 1 amide bonds. The molecule has 0 aromatic carbocycles. The van der Waals surface area contributed by atoms with Crippen LogP contribution in [0.3, 0.4) is 0 Å². The van der Waals surface area contributed by atoms with E-state index < -0.39 is 17.5 Å². The van der Waals surface area contributed by atoms with Crippen molar-refractivity contribution in [3.05, 3.63) is 0 Å². The van der Waals surface area contributed by atoms with E-state index in [2.05, 4.69) is 10.1 Å². The van der Waals surface area contributed by atoms with Crippen LogP contribution in [0.2, 0.25) is 0 Å². The van der Waals surface area contributed by atoms with Gasteiger partial charge >= 0.3 is 12.1 Å². The van der Waals surface area contributed by atoms with Gasteiger partial charge in [-0.1, -0.05) is 0 Å². The first-order chi connectivity index (χ1) is 5.40. The lowest BCUT2D eigenvalue weighted by Crippen LogP contribution is -2.38. The molecule has 0 bridgehead atoms. The standard InChI is InChI=1S/C7H13NO4/c1-7(2,5(9)10)4-8-6(11)12-3/h4H2,1-3H3,(H,8,11)(H,9,10). The van der Waals surface area contributed by atoms with Crippen molar-refractivity contribution in [2.24, 2.45) is 5.41 Å². The molecule has 0 atom stereocenters. The Morgan fingerprint density at radius 2 is 2.00 bits per heavy atom. The first-order valence-electron chi connectivity index (χ1n) is 3.45. The second-order valence-corrected chi connectivity index (χ2v) is 3.03. The number of rotatable bonds is 3. The fraction of sp³-hybridized carbons (Fsp3) is 0.714. The minimum Gasteiger partial charge on any atom is -0.481 e. The van der Waals surface area contributed by atoms with Gasteiger partial charge in [0.15, 0.2) is 0 Å². The van der Waals surface area contributed by atoms with Crippen LogP contribution in [0.4, 0.5) is 4.79 Å². The molecule has 70 valence electrons. The Balaban J connectivity index is 3.92. The van der Waals surface area contributed by atoms with Gasteiger partial charge in [-0.05, 0) is 13.8 Å². The van der Waals surface area contributed by atoms with E-state index >= 15 is 0 Å². The lowest BCUT2D eigenvalue weighted by Gasteiger charge is -2.18.